The van der Waals surface area contributed by atoms with E-state index in [0.29, 0.717) is 18.7 Å². The van der Waals surface area contributed by atoms with Crippen LogP contribution >= 0.6 is 0 Å². The van der Waals surface area contributed by atoms with Gasteiger partial charge in [0.2, 0.25) is 0 Å². The molecule has 3 aliphatic heterocycles. The molecule has 0 radical (unpaired) electrons. The number of rotatable bonds is 4. The zero-order valence-corrected chi connectivity index (χ0v) is 15.0. The molecule has 6 heteroatoms. The predicted octanol–water partition coefficient (Wildman–Crippen LogP) is 2.15. The normalized spacial score (nSPS) is 38.2. The molecule has 4 fully saturated rings. The molecule has 4 nitrogen and oxygen atoms in total. The Morgan fingerprint density at radius 3 is 2.77 bits per heavy atom. The Bertz CT molecular complexity index is 683. The maximum absolute atomic E-state index is 14.1. The molecule has 0 amide bonds. The first-order chi connectivity index (χ1) is 12.6. The minimum absolute atomic E-state index is 0.244. The van der Waals surface area contributed by atoms with Gasteiger partial charge in [0.1, 0.15) is 17.7 Å². The summed E-state index contributed by atoms with van der Waals surface area (Å²) in [6.07, 6.45) is 3.01. The number of likely N-dealkylation sites (tertiary alicyclic amines) is 2. The number of benzene rings is 1. The van der Waals surface area contributed by atoms with Crippen molar-refractivity contribution in [2.24, 2.45) is 17.6 Å². The summed E-state index contributed by atoms with van der Waals surface area (Å²) in [5.41, 5.74) is 6.57. The fourth-order valence-electron chi connectivity index (χ4n) is 5.13. The molecule has 0 aromatic heterocycles. The van der Waals surface area contributed by atoms with E-state index in [9.17, 15) is 8.78 Å². The molecule has 26 heavy (non-hydrogen) atoms. The van der Waals surface area contributed by atoms with Crippen molar-refractivity contribution in [2.45, 2.75) is 43.5 Å². The molecule has 1 saturated carbocycles. The first kappa shape index (κ1) is 17.0. The predicted molar refractivity (Wildman–Crippen MR) is 94.6 cm³/mol. The third-order valence-corrected chi connectivity index (χ3v) is 6.70. The SMILES string of the molecule is N[C@H]1C[C@@H](N2CC3CN(CC4CC4)CC32)CO[C@@H]1c1cc(F)ccc1F. The number of hydrogen-bond donors (Lipinski definition) is 1. The number of nitrogens with two attached hydrogens (primary N) is 1. The molecule has 2 unspecified atom stereocenters. The van der Waals surface area contributed by atoms with Crippen molar-refractivity contribution < 1.29 is 13.5 Å². The lowest BCUT2D eigenvalue weighted by molar-refractivity contribution is -0.0937. The van der Waals surface area contributed by atoms with Crippen LogP contribution in [0.25, 0.3) is 0 Å². The highest BCUT2D eigenvalue weighted by molar-refractivity contribution is 5.23. The van der Waals surface area contributed by atoms with Crippen molar-refractivity contribution >= 4 is 0 Å². The van der Waals surface area contributed by atoms with E-state index in [1.54, 1.807) is 0 Å². The van der Waals surface area contributed by atoms with E-state index < -0.39 is 17.7 Å². The van der Waals surface area contributed by atoms with Crippen LogP contribution in [-0.2, 0) is 4.74 Å². The summed E-state index contributed by atoms with van der Waals surface area (Å²) in [5.74, 6) is 0.824. The van der Waals surface area contributed by atoms with E-state index >= 15 is 0 Å². The van der Waals surface area contributed by atoms with Crippen molar-refractivity contribution in [3.8, 4) is 0 Å². The van der Waals surface area contributed by atoms with Crippen LogP contribution < -0.4 is 5.73 Å². The van der Waals surface area contributed by atoms with E-state index in [1.807, 2.05) is 0 Å². The second-order valence-corrected chi connectivity index (χ2v) is 8.66. The van der Waals surface area contributed by atoms with Crippen LogP contribution in [-0.4, -0.2) is 60.7 Å². The zero-order valence-electron chi connectivity index (χ0n) is 15.0. The van der Waals surface area contributed by atoms with E-state index in [1.165, 1.54) is 32.0 Å². The second-order valence-electron chi connectivity index (χ2n) is 8.66. The molecule has 5 atom stereocenters. The highest BCUT2D eigenvalue weighted by Crippen LogP contribution is 2.40. The monoisotopic (exact) mass is 363 g/mol. The molecule has 0 spiro atoms. The Labute approximate surface area is 153 Å². The van der Waals surface area contributed by atoms with Crippen molar-refractivity contribution in [3.05, 3.63) is 35.4 Å². The molecule has 3 heterocycles. The van der Waals surface area contributed by atoms with Crippen molar-refractivity contribution in [1.82, 2.24) is 9.80 Å². The lowest BCUT2D eigenvalue weighted by Gasteiger charge is -2.51. The third kappa shape index (κ3) is 3.07. The minimum atomic E-state index is -0.561. The molecular weight excluding hydrogens is 336 g/mol. The first-order valence-electron chi connectivity index (χ1n) is 9.88. The number of halogens is 2. The quantitative estimate of drug-likeness (QED) is 0.890. The summed E-state index contributed by atoms with van der Waals surface area (Å²) < 4.78 is 33.5. The number of hydrogen-bond acceptors (Lipinski definition) is 4. The molecule has 3 saturated heterocycles. The average molecular weight is 363 g/mol. The maximum Gasteiger partial charge on any atom is 0.129 e. The summed E-state index contributed by atoms with van der Waals surface area (Å²) in [7, 11) is 0. The summed E-state index contributed by atoms with van der Waals surface area (Å²) in [6.45, 7) is 5.32. The lowest BCUT2D eigenvalue weighted by Crippen LogP contribution is -2.63. The van der Waals surface area contributed by atoms with Crippen molar-refractivity contribution in [3.63, 3.8) is 0 Å². The molecule has 1 aromatic carbocycles. The smallest absolute Gasteiger partial charge is 0.129 e. The van der Waals surface area contributed by atoms with E-state index in [2.05, 4.69) is 9.80 Å². The van der Waals surface area contributed by atoms with E-state index in [-0.39, 0.29) is 11.6 Å². The number of ether oxygens (including phenoxy) is 1. The maximum atomic E-state index is 14.1. The Hall–Kier alpha value is -1.08. The first-order valence-corrected chi connectivity index (χ1v) is 9.88. The van der Waals surface area contributed by atoms with Crippen LogP contribution in [0.2, 0.25) is 0 Å². The van der Waals surface area contributed by atoms with Gasteiger partial charge in [0.25, 0.3) is 0 Å². The van der Waals surface area contributed by atoms with Crippen molar-refractivity contribution in [1.29, 1.82) is 0 Å². The standard InChI is InChI=1S/C20H27F2N3O/c21-14-3-4-17(22)16(5-14)20-18(23)6-15(11-26-20)25-9-13-8-24(10-19(13)25)7-12-1-2-12/h3-5,12-13,15,18-20H,1-2,6-11,23H2/t13?,15-,18+,19?,20-/m1/s1. The largest absolute Gasteiger partial charge is 0.370 e. The Morgan fingerprint density at radius 2 is 2.00 bits per heavy atom. The highest BCUT2D eigenvalue weighted by atomic mass is 19.1. The van der Waals surface area contributed by atoms with Crippen LogP contribution in [0.3, 0.4) is 0 Å². The van der Waals surface area contributed by atoms with Crippen molar-refractivity contribution in [2.75, 3.05) is 32.8 Å². The van der Waals surface area contributed by atoms with Gasteiger partial charge >= 0.3 is 0 Å². The Kier molecular flexibility index (Phi) is 4.27. The summed E-state index contributed by atoms with van der Waals surface area (Å²) in [5, 5.41) is 0. The zero-order chi connectivity index (χ0) is 17.8. The van der Waals surface area contributed by atoms with Gasteiger partial charge in [-0.05, 0) is 43.4 Å². The number of nitrogens with zero attached hydrogens (tertiary/aromatic N) is 2. The molecule has 1 aromatic rings. The van der Waals surface area contributed by atoms with Crippen LogP contribution in [0, 0.1) is 23.5 Å². The van der Waals surface area contributed by atoms with Gasteiger partial charge in [-0.3, -0.25) is 4.90 Å². The van der Waals surface area contributed by atoms with Gasteiger partial charge in [0.15, 0.2) is 0 Å². The highest BCUT2D eigenvalue weighted by Gasteiger charge is 2.50. The van der Waals surface area contributed by atoms with E-state index in [0.717, 1.165) is 43.5 Å². The van der Waals surface area contributed by atoms with E-state index in [4.69, 9.17) is 10.5 Å². The van der Waals surface area contributed by atoms with Gasteiger partial charge in [-0.15, -0.1) is 0 Å². The minimum Gasteiger partial charge on any atom is -0.370 e. The van der Waals surface area contributed by atoms with Crippen LogP contribution in [0.4, 0.5) is 8.78 Å². The van der Waals surface area contributed by atoms with Gasteiger partial charge < -0.3 is 15.4 Å². The fourth-order valence-corrected chi connectivity index (χ4v) is 5.13. The third-order valence-electron chi connectivity index (χ3n) is 6.70. The molecule has 0 bridgehead atoms. The van der Waals surface area contributed by atoms with Gasteiger partial charge in [0, 0.05) is 55.8 Å². The second kappa shape index (κ2) is 6.51. The Morgan fingerprint density at radius 1 is 1.15 bits per heavy atom. The fraction of sp³-hybridized carbons (Fsp3) is 0.700. The molecule has 2 N–H and O–H groups in total. The topological polar surface area (TPSA) is 41.7 Å². The summed E-state index contributed by atoms with van der Waals surface area (Å²) in [4.78, 5) is 5.16. The molecular formula is C20H27F2N3O. The van der Waals surface area contributed by atoms with Gasteiger partial charge in [-0.2, -0.15) is 0 Å². The van der Waals surface area contributed by atoms with Crippen LogP contribution in [0.15, 0.2) is 18.2 Å². The van der Waals surface area contributed by atoms with Crippen LogP contribution in [0.5, 0.6) is 0 Å². The molecule has 5 rings (SSSR count). The summed E-state index contributed by atoms with van der Waals surface area (Å²) >= 11 is 0. The average Bonchev–Trinajstić information content (AvgIpc) is 3.36. The molecule has 4 aliphatic rings. The summed E-state index contributed by atoms with van der Waals surface area (Å²) in [6, 6.07) is 4.10. The van der Waals surface area contributed by atoms with Gasteiger partial charge in [0.05, 0.1) is 6.61 Å². The van der Waals surface area contributed by atoms with Crippen LogP contribution in [0.1, 0.15) is 30.9 Å². The molecule has 1 aliphatic carbocycles. The molecule has 142 valence electrons. The van der Waals surface area contributed by atoms with Gasteiger partial charge in [-0.25, -0.2) is 8.78 Å². The lowest BCUT2D eigenvalue weighted by atomic mass is 9.86. The van der Waals surface area contributed by atoms with Gasteiger partial charge in [-0.1, -0.05) is 0 Å². The Balaban J connectivity index is 1.21. The number of fused-ring (bicyclic) bond motifs is 1.